The fraction of sp³-hybridized carbons (Fsp3) is 0.455. The lowest BCUT2D eigenvalue weighted by Gasteiger charge is -2.03. The first kappa shape index (κ1) is 13.2. The summed E-state index contributed by atoms with van der Waals surface area (Å²) in [5.41, 5.74) is 2.54. The Morgan fingerprint density at radius 2 is 1.93 bits per heavy atom. The summed E-state index contributed by atoms with van der Waals surface area (Å²) in [6, 6.07) is 3.85. The van der Waals surface area contributed by atoms with Crippen molar-refractivity contribution in [3.05, 3.63) is 28.2 Å². The Bertz CT molecular complexity index is 287. The average molecular weight is 211 g/mol. The van der Waals surface area contributed by atoms with Crippen molar-refractivity contribution in [2.24, 2.45) is 5.18 Å². The van der Waals surface area contributed by atoms with E-state index in [-0.39, 0.29) is 0 Å². The molecular formula is C11H17NOS. The first-order valence-corrected chi connectivity index (χ1v) is 5.29. The molecule has 1 aromatic carbocycles. The van der Waals surface area contributed by atoms with E-state index < -0.39 is 0 Å². The van der Waals surface area contributed by atoms with Crippen LogP contribution in [0.2, 0.25) is 0 Å². The predicted molar refractivity (Wildman–Crippen MR) is 64.6 cm³/mol. The number of nitroso groups, excluding NO2 is 1. The molecule has 14 heavy (non-hydrogen) atoms. The molecule has 78 valence electrons. The molecule has 3 heteroatoms. The Labute approximate surface area is 91.1 Å². The number of hydrogen-bond acceptors (Lipinski definition) is 3. The molecule has 0 saturated heterocycles. The third-order valence-electron chi connectivity index (χ3n) is 1.84. The highest BCUT2D eigenvalue weighted by Gasteiger charge is 2.04. The minimum absolute atomic E-state index is 0.454. The van der Waals surface area contributed by atoms with Gasteiger partial charge in [-0.1, -0.05) is 26.8 Å². The maximum absolute atomic E-state index is 10.3. The van der Waals surface area contributed by atoms with Gasteiger partial charge in [0.15, 0.2) is 0 Å². The van der Waals surface area contributed by atoms with E-state index in [9.17, 15) is 4.91 Å². The molecule has 2 nitrogen and oxygen atoms in total. The van der Waals surface area contributed by atoms with Gasteiger partial charge in [-0.05, 0) is 35.7 Å². The monoisotopic (exact) mass is 211 g/mol. The lowest BCUT2D eigenvalue weighted by atomic mass is 10.1. The molecule has 0 amide bonds. The minimum atomic E-state index is 0.454. The second-order valence-corrected chi connectivity index (χ2v) is 3.21. The van der Waals surface area contributed by atoms with Crippen LogP contribution in [0.5, 0.6) is 0 Å². The summed E-state index contributed by atoms with van der Waals surface area (Å²) in [4.78, 5) is 11.0. The van der Waals surface area contributed by atoms with Crippen molar-refractivity contribution in [2.75, 3.05) is 0 Å². The number of rotatable bonds is 2. The minimum Gasteiger partial charge on any atom is -0.145 e. The van der Waals surface area contributed by atoms with E-state index in [0.29, 0.717) is 10.6 Å². The van der Waals surface area contributed by atoms with Gasteiger partial charge in [-0.15, -0.1) is 17.5 Å². The van der Waals surface area contributed by atoms with Crippen molar-refractivity contribution < 1.29 is 0 Å². The van der Waals surface area contributed by atoms with Crippen LogP contribution >= 0.6 is 12.6 Å². The van der Waals surface area contributed by atoms with E-state index >= 15 is 0 Å². The molecule has 0 aliphatic rings. The molecule has 0 aromatic heterocycles. The molecule has 0 saturated carbocycles. The smallest absolute Gasteiger partial charge is 0.124 e. The Morgan fingerprint density at radius 1 is 1.36 bits per heavy atom. The van der Waals surface area contributed by atoms with Gasteiger partial charge < -0.3 is 0 Å². The van der Waals surface area contributed by atoms with Crippen LogP contribution in [0.25, 0.3) is 0 Å². The summed E-state index contributed by atoms with van der Waals surface area (Å²) < 4.78 is 0. The summed E-state index contributed by atoms with van der Waals surface area (Å²) in [5.74, 6) is 0. The Hall–Kier alpha value is -0.830. The number of hydrogen-bond donors (Lipinski definition) is 1. The predicted octanol–water partition coefficient (Wildman–Crippen LogP) is 4.27. The van der Waals surface area contributed by atoms with Gasteiger partial charge in [0.1, 0.15) is 5.69 Å². The highest BCUT2D eigenvalue weighted by Crippen LogP contribution is 2.28. The summed E-state index contributed by atoms with van der Waals surface area (Å²) >= 11 is 4.18. The largest absolute Gasteiger partial charge is 0.145 e. The van der Waals surface area contributed by atoms with Crippen LogP contribution in [0, 0.1) is 11.8 Å². The highest BCUT2D eigenvalue weighted by molar-refractivity contribution is 7.80. The van der Waals surface area contributed by atoms with Gasteiger partial charge in [0, 0.05) is 4.90 Å². The molecule has 1 rings (SSSR count). The lowest BCUT2D eigenvalue weighted by Crippen LogP contribution is -1.84. The van der Waals surface area contributed by atoms with E-state index in [1.165, 1.54) is 5.56 Å². The Morgan fingerprint density at radius 3 is 2.29 bits per heavy atom. The first-order chi connectivity index (χ1) is 6.69. The zero-order chi connectivity index (χ0) is 11.1. The molecule has 0 unspecified atom stereocenters. The number of benzene rings is 1. The van der Waals surface area contributed by atoms with Crippen LogP contribution in [0.1, 0.15) is 31.9 Å². The second kappa shape index (κ2) is 6.60. The van der Waals surface area contributed by atoms with Crippen LogP contribution in [0.4, 0.5) is 5.69 Å². The van der Waals surface area contributed by atoms with Gasteiger partial charge in [0.2, 0.25) is 0 Å². The third kappa shape index (κ3) is 3.14. The average Bonchev–Trinajstić information content (AvgIpc) is 2.20. The molecule has 0 heterocycles. The van der Waals surface area contributed by atoms with Gasteiger partial charge in [-0.3, -0.25) is 0 Å². The number of nitrogens with zero attached hydrogens (tertiary/aromatic N) is 1. The van der Waals surface area contributed by atoms with E-state index in [4.69, 9.17) is 0 Å². The number of thiol groups is 1. The quantitative estimate of drug-likeness (QED) is 0.574. The molecule has 0 aliphatic heterocycles. The van der Waals surface area contributed by atoms with Gasteiger partial charge in [0.25, 0.3) is 0 Å². The third-order valence-corrected chi connectivity index (χ3v) is 2.18. The summed E-state index contributed by atoms with van der Waals surface area (Å²) in [5, 5.41) is 2.92. The molecule has 1 aromatic rings. The van der Waals surface area contributed by atoms with E-state index in [2.05, 4.69) is 24.7 Å². The first-order valence-electron chi connectivity index (χ1n) is 4.85. The van der Waals surface area contributed by atoms with Crippen LogP contribution in [0.15, 0.2) is 22.2 Å². The molecule has 0 atom stereocenters. The van der Waals surface area contributed by atoms with Crippen molar-refractivity contribution in [3.8, 4) is 0 Å². The molecule has 0 radical (unpaired) electrons. The van der Waals surface area contributed by atoms with Gasteiger partial charge in [-0.2, -0.15) is 0 Å². The summed E-state index contributed by atoms with van der Waals surface area (Å²) in [6.07, 6.45) is 0.952. The molecule has 0 fully saturated rings. The number of aryl methyl sites for hydroxylation is 2. The molecule has 0 N–H and O–H groups in total. The fourth-order valence-electron chi connectivity index (χ4n) is 1.16. The van der Waals surface area contributed by atoms with Crippen LogP contribution in [-0.4, -0.2) is 0 Å². The topological polar surface area (TPSA) is 29.4 Å². The van der Waals surface area contributed by atoms with E-state index in [0.717, 1.165) is 12.0 Å². The highest BCUT2D eigenvalue weighted by atomic mass is 32.1. The van der Waals surface area contributed by atoms with Crippen molar-refractivity contribution in [1.29, 1.82) is 0 Å². The van der Waals surface area contributed by atoms with Gasteiger partial charge >= 0.3 is 0 Å². The lowest BCUT2D eigenvalue weighted by molar-refractivity contribution is 1.11. The Kier molecular flexibility index (Phi) is 6.21. The van der Waals surface area contributed by atoms with E-state index in [1.54, 1.807) is 0 Å². The van der Waals surface area contributed by atoms with Crippen molar-refractivity contribution >= 4 is 18.3 Å². The SMILES string of the molecule is CC.CCc1cc(C)c(N=O)c(S)c1. The standard InChI is InChI=1S/C9H11NOS.C2H6/c1-3-7-4-6(2)9(10-11)8(12)5-7;1-2/h4-5,12H,3H2,1-2H3;1-2H3. The summed E-state index contributed by atoms with van der Waals surface area (Å²) in [7, 11) is 0. The zero-order valence-corrected chi connectivity index (χ0v) is 10.1. The molecule has 0 aliphatic carbocycles. The molecule has 0 bridgehead atoms. The van der Waals surface area contributed by atoms with E-state index in [1.807, 2.05) is 32.9 Å². The van der Waals surface area contributed by atoms with Crippen LogP contribution in [0.3, 0.4) is 0 Å². The van der Waals surface area contributed by atoms with Crippen LogP contribution < -0.4 is 0 Å². The van der Waals surface area contributed by atoms with Crippen molar-refractivity contribution in [2.45, 2.75) is 39.0 Å². The Balaban J connectivity index is 0.000000791. The maximum atomic E-state index is 10.3. The normalized spacial score (nSPS) is 8.93. The summed E-state index contributed by atoms with van der Waals surface area (Å²) in [6.45, 7) is 7.94. The molecule has 0 spiro atoms. The fourth-order valence-corrected chi connectivity index (χ4v) is 1.54. The van der Waals surface area contributed by atoms with Gasteiger partial charge in [-0.25, -0.2) is 0 Å². The second-order valence-electron chi connectivity index (χ2n) is 2.73. The van der Waals surface area contributed by atoms with Crippen molar-refractivity contribution in [1.82, 2.24) is 0 Å². The van der Waals surface area contributed by atoms with Gasteiger partial charge in [0.05, 0.1) is 0 Å². The molecular weight excluding hydrogens is 194 g/mol. The van der Waals surface area contributed by atoms with Crippen molar-refractivity contribution in [3.63, 3.8) is 0 Å². The zero-order valence-electron chi connectivity index (χ0n) is 9.16. The maximum Gasteiger partial charge on any atom is 0.124 e. The van der Waals surface area contributed by atoms with Crippen LogP contribution in [-0.2, 0) is 6.42 Å².